The molecule has 2 amide bonds. The standard InChI is InChI=1S/C30H29Cl2N5O3/c1-36-15-19(14-33-36)18-4-2-5-20(10-18)34-30(38)37-21-11-22(37)13-23(12-21)39-16-24-28(35-40-29(24)17-8-9-17)27-25(31)6-3-7-26(27)32/h2-7,10,14-15,17,21-23H,8-9,11-13,16H2,1H3,(H,34,38). The van der Waals surface area contributed by atoms with E-state index in [1.165, 1.54) is 0 Å². The van der Waals surface area contributed by atoms with Gasteiger partial charge in [-0.2, -0.15) is 5.10 Å². The third-order valence-corrected chi connectivity index (χ3v) is 8.85. The number of nitrogens with zero attached hydrogens (tertiary/aromatic N) is 4. The Morgan fingerprint density at radius 2 is 1.82 bits per heavy atom. The van der Waals surface area contributed by atoms with E-state index in [9.17, 15) is 4.79 Å². The minimum absolute atomic E-state index is 0.0539. The van der Waals surface area contributed by atoms with Gasteiger partial charge in [0.05, 0.1) is 29.0 Å². The summed E-state index contributed by atoms with van der Waals surface area (Å²) in [6.07, 6.45) is 8.60. The topological polar surface area (TPSA) is 85.4 Å². The molecule has 2 saturated heterocycles. The van der Waals surface area contributed by atoms with E-state index in [1.54, 1.807) is 4.68 Å². The van der Waals surface area contributed by atoms with Gasteiger partial charge >= 0.3 is 6.03 Å². The van der Waals surface area contributed by atoms with Crippen molar-refractivity contribution in [2.75, 3.05) is 5.32 Å². The van der Waals surface area contributed by atoms with E-state index in [0.29, 0.717) is 33.8 Å². The molecule has 0 spiro atoms. The first-order chi connectivity index (χ1) is 19.4. The van der Waals surface area contributed by atoms with E-state index < -0.39 is 0 Å². The van der Waals surface area contributed by atoms with Gasteiger partial charge in [0.15, 0.2) is 0 Å². The number of aromatic nitrogens is 3. The molecule has 0 radical (unpaired) electrons. The molecular formula is C30H29Cl2N5O3. The quantitative estimate of drug-likeness (QED) is 0.249. The lowest BCUT2D eigenvalue weighted by atomic mass is 9.78. The monoisotopic (exact) mass is 577 g/mol. The van der Waals surface area contributed by atoms with Gasteiger partial charge in [0.1, 0.15) is 11.5 Å². The maximum absolute atomic E-state index is 13.2. The number of anilines is 1. The molecule has 2 aliphatic carbocycles. The van der Waals surface area contributed by atoms with Crippen LogP contribution in [0, 0.1) is 0 Å². The maximum Gasteiger partial charge on any atom is 0.322 e. The van der Waals surface area contributed by atoms with Gasteiger partial charge in [-0.25, -0.2) is 4.79 Å². The van der Waals surface area contributed by atoms with Crippen molar-refractivity contribution < 1.29 is 14.1 Å². The van der Waals surface area contributed by atoms with Crippen LogP contribution >= 0.6 is 23.2 Å². The molecule has 206 valence electrons. The van der Waals surface area contributed by atoms with Gasteiger partial charge in [0.25, 0.3) is 0 Å². The third kappa shape index (κ3) is 4.78. The molecule has 8 rings (SSSR count). The molecule has 10 heteroatoms. The molecule has 2 bridgehead atoms. The molecular weight excluding hydrogens is 549 g/mol. The first-order valence-electron chi connectivity index (χ1n) is 13.7. The van der Waals surface area contributed by atoms with Gasteiger partial charge in [-0.05, 0) is 61.9 Å². The largest absolute Gasteiger partial charge is 0.373 e. The number of piperidine rings is 1. The van der Waals surface area contributed by atoms with Gasteiger partial charge in [-0.15, -0.1) is 0 Å². The predicted molar refractivity (Wildman–Crippen MR) is 153 cm³/mol. The Kier molecular flexibility index (Phi) is 6.57. The highest BCUT2D eigenvalue weighted by atomic mass is 35.5. The van der Waals surface area contributed by atoms with Crippen LogP contribution in [0.25, 0.3) is 22.4 Å². The highest BCUT2D eigenvalue weighted by molar-refractivity contribution is 6.39. The Labute approximate surface area is 242 Å². The van der Waals surface area contributed by atoms with E-state index in [0.717, 1.165) is 60.2 Å². The Balaban J connectivity index is 1.01. The van der Waals surface area contributed by atoms with Crippen LogP contribution in [-0.4, -0.2) is 44.1 Å². The second-order valence-corrected chi connectivity index (χ2v) is 11.8. The van der Waals surface area contributed by atoms with Crippen LogP contribution in [0.5, 0.6) is 0 Å². The second kappa shape index (κ2) is 10.3. The minimum atomic E-state index is -0.0614. The Morgan fingerprint density at radius 3 is 2.52 bits per heavy atom. The lowest BCUT2D eigenvalue weighted by Gasteiger charge is -2.54. The van der Waals surface area contributed by atoms with E-state index >= 15 is 0 Å². The molecule has 2 atom stereocenters. The fraction of sp³-hybridized carbons (Fsp3) is 0.367. The van der Waals surface area contributed by atoms with Crippen LogP contribution in [0.15, 0.2) is 59.4 Å². The maximum atomic E-state index is 13.2. The zero-order valence-corrected chi connectivity index (χ0v) is 23.5. The number of hydrogen-bond donors (Lipinski definition) is 1. The first-order valence-corrected chi connectivity index (χ1v) is 14.4. The number of amides is 2. The van der Waals surface area contributed by atoms with Crippen LogP contribution in [0.4, 0.5) is 10.5 Å². The summed E-state index contributed by atoms with van der Waals surface area (Å²) >= 11 is 13.0. The normalized spacial score (nSPS) is 21.8. The van der Waals surface area contributed by atoms with Crippen molar-refractivity contribution in [1.82, 2.24) is 19.8 Å². The van der Waals surface area contributed by atoms with E-state index in [4.69, 9.17) is 32.5 Å². The van der Waals surface area contributed by atoms with Gasteiger partial charge in [0, 0.05) is 53.6 Å². The average Bonchev–Trinajstić information content (AvgIpc) is 3.55. The molecule has 4 aromatic rings. The summed E-state index contributed by atoms with van der Waals surface area (Å²) in [6.45, 7) is 0.379. The Morgan fingerprint density at radius 1 is 1.07 bits per heavy atom. The van der Waals surface area contributed by atoms with Crippen molar-refractivity contribution >= 4 is 34.9 Å². The number of carbonyl (C=O) groups is 1. The Bertz CT molecular complexity index is 1550. The van der Waals surface area contributed by atoms with Gasteiger partial charge in [0.2, 0.25) is 0 Å². The number of fused-ring (bicyclic) bond motifs is 2. The molecule has 4 fully saturated rings. The second-order valence-electron chi connectivity index (χ2n) is 11.0. The van der Waals surface area contributed by atoms with Crippen LogP contribution in [0.3, 0.4) is 0 Å². The van der Waals surface area contributed by atoms with E-state index in [-0.39, 0.29) is 24.2 Å². The molecule has 4 aliphatic rings. The summed E-state index contributed by atoms with van der Waals surface area (Å²) in [7, 11) is 1.89. The van der Waals surface area contributed by atoms with Crippen molar-refractivity contribution in [3.05, 3.63) is 76.2 Å². The van der Waals surface area contributed by atoms with Crippen LogP contribution < -0.4 is 5.32 Å². The number of ether oxygens (including phenoxy) is 1. The third-order valence-electron chi connectivity index (χ3n) is 8.22. The minimum Gasteiger partial charge on any atom is -0.373 e. The number of nitrogens with one attached hydrogen (secondary N) is 1. The molecule has 2 aliphatic heterocycles. The average molecular weight is 579 g/mol. The molecule has 40 heavy (non-hydrogen) atoms. The number of aryl methyl sites for hydroxylation is 1. The number of halogens is 2. The molecule has 4 heterocycles. The lowest BCUT2D eigenvalue weighted by Crippen LogP contribution is -2.65. The summed E-state index contributed by atoms with van der Waals surface area (Å²) in [5.74, 6) is 1.25. The number of carbonyl (C=O) groups excluding carboxylic acids is 1. The number of rotatable bonds is 7. The molecule has 2 saturated carbocycles. The van der Waals surface area contributed by atoms with Crippen molar-refractivity contribution in [1.29, 1.82) is 0 Å². The van der Waals surface area contributed by atoms with Gasteiger partial charge in [-0.3, -0.25) is 4.68 Å². The summed E-state index contributed by atoms with van der Waals surface area (Å²) in [5, 5.41) is 12.8. The summed E-state index contributed by atoms with van der Waals surface area (Å²) in [4.78, 5) is 15.2. The van der Waals surface area contributed by atoms with Gasteiger partial charge in [-0.1, -0.05) is 46.6 Å². The van der Waals surface area contributed by atoms with Crippen molar-refractivity contribution in [3.8, 4) is 22.4 Å². The summed E-state index contributed by atoms with van der Waals surface area (Å²) in [5.41, 5.74) is 5.07. The predicted octanol–water partition coefficient (Wildman–Crippen LogP) is 7.28. The SMILES string of the molecule is Cn1cc(-c2cccc(NC(=O)N3C4CC(OCc5c(-c6c(Cl)cccc6Cl)noc5C5CC5)CC3C4)c2)cn1. The lowest BCUT2D eigenvalue weighted by molar-refractivity contribution is -0.0837. The van der Waals surface area contributed by atoms with Crippen molar-refractivity contribution in [2.45, 2.75) is 62.8 Å². The Hall–Kier alpha value is -3.33. The molecule has 2 aromatic heterocycles. The van der Waals surface area contributed by atoms with Crippen LogP contribution in [0.2, 0.25) is 10.0 Å². The van der Waals surface area contributed by atoms with E-state index in [2.05, 4.69) is 15.6 Å². The highest BCUT2D eigenvalue weighted by Crippen LogP contribution is 2.47. The molecule has 2 unspecified atom stereocenters. The zero-order valence-electron chi connectivity index (χ0n) is 22.0. The van der Waals surface area contributed by atoms with Crippen LogP contribution in [0.1, 0.15) is 49.3 Å². The summed E-state index contributed by atoms with van der Waals surface area (Å²) in [6, 6.07) is 13.6. The molecule has 8 nitrogen and oxygen atoms in total. The molecule has 1 N–H and O–H groups in total. The highest BCUT2D eigenvalue weighted by Gasteiger charge is 2.48. The number of urea groups is 1. The van der Waals surface area contributed by atoms with Gasteiger partial charge < -0.3 is 19.5 Å². The zero-order chi connectivity index (χ0) is 27.4. The number of hydrogen-bond acceptors (Lipinski definition) is 5. The smallest absolute Gasteiger partial charge is 0.322 e. The fourth-order valence-electron chi connectivity index (χ4n) is 6.08. The number of benzene rings is 2. The summed E-state index contributed by atoms with van der Waals surface area (Å²) < 4.78 is 14.0. The fourth-order valence-corrected chi connectivity index (χ4v) is 6.65. The first kappa shape index (κ1) is 25.6. The van der Waals surface area contributed by atoms with E-state index in [1.807, 2.05) is 66.8 Å². The van der Waals surface area contributed by atoms with Crippen molar-refractivity contribution in [2.24, 2.45) is 7.05 Å². The molecule has 2 aromatic carbocycles. The van der Waals surface area contributed by atoms with Crippen LogP contribution in [-0.2, 0) is 18.4 Å². The van der Waals surface area contributed by atoms with Crippen molar-refractivity contribution in [3.63, 3.8) is 0 Å².